The highest BCUT2D eigenvalue weighted by atomic mass is 19.1. The van der Waals surface area contributed by atoms with Crippen molar-refractivity contribution in [2.75, 3.05) is 44.7 Å². The molecule has 222 valence electrons. The Labute approximate surface area is 248 Å². The number of ether oxygens (including phenoxy) is 1. The third-order valence-corrected chi connectivity index (χ3v) is 10.2. The predicted octanol–water partition coefficient (Wildman–Crippen LogP) is 4.34. The Hall–Kier alpha value is -3.51. The van der Waals surface area contributed by atoms with Crippen LogP contribution in [-0.2, 0) is 30.5 Å². The summed E-state index contributed by atoms with van der Waals surface area (Å²) in [6, 6.07) is 9.17. The molecule has 9 heteroatoms. The van der Waals surface area contributed by atoms with Crippen LogP contribution in [0.25, 0.3) is 0 Å². The topological polar surface area (TPSA) is 85.6 Å². The lowest BCUT2D eigenvalue weighted by molar-refractivity contribution is -0.131. The second-order valence-electron chi connectivity index (χ2n) is 12.8. The Bertz CT molecular complexity index is 1420. The zero-order valence-corrected chi connectivity index (χ0v) is 24.9. The number of likely N-dealkylation sites (N-methyl/N-ethyl adjacent to an activating group) is 1. The first-order chi connectivity index (χ1) is 20.3. The van der Waals surface area contributed by atoms with E-state index in [1.54, 1.807) is 0 Å². The molecule has 4 aliphatic rings. The van der Waals surface area contributed by atoms with Gasteiger partial charge in [0, 0.05) is 31.2 Å². The van der Waals surface area contributed by atoms with Crippen molar-refractivity contribution >= 4 is 11.7 Å². The summed E-state index contributed by atoms with van der Waals surface area (Å²) in [7, 11) is 2.13. The summed E-state index contributed by atoms with van der Waals surface area (Å²) in [6.07, 6.45) is 8.50. The van der Waals surface area contributed by atoms with Crippen LogP contribution in [0.2, 0.25) is 0 Å². The number of hydrogen-bond donors (Lipinski definition) is 0. The molecule has 1 aromatic heterocycles. The van der Waals surface area contributed by atoms with E-state index in [9.17, 15) is 14.4 Å². The van der Waals surface area contributed by atoms with Gasteiger partial charge in [-0.15, -0.1) is 0 Å². The van der Waals surface area contributed by atoms with Gasteiger partial charge in [0.1, 0.15) is 12.4 Å². The van der Waals surface area contributed by atoms with E-state index in [0.717, 1.165) is 68.6 Å². The van der Waals surface area contributed by atoms with E-state index in [2.05, 4.69) is 54.6 Å². The second kappa shape index (κ2) is 11.6. The summed E-state index contributed by atoms with van der Waals surface area (Å²) in [4.78, 5) is 28.4. The van der Waals surface area contributed by atoms with Crippen LogP contribution in [0.5, 0.6) is 6.01 Å². The molecule has 0 radical (unpaired) electrons. The molecule has 3 atom stereocenters. The Kier molecular flexibility index (Phi) is 7.93. The first-order valence-corrected chi connectivity index (χ1v) is 15.3. The van der Waals surface area contributed by atoms with E-state index in [4.69, 9.17) is 14.7 Å². The molecule has 0 unspecified atom stereocenters. The zero-order valence-electron chi connectivity index (χ0n) is 24.9. The molecule has 2 aromatic rings. The monoisotopic (exact) mass is 572 g/mol. The van der Waals surface area contributed by atoms with Crippen LogP contribution in [0, 0.1) is 23.7 Å². The summed E-state index contributed by atoms with van der Waals surface area (Å²) < 4.78 is 20.1. The maximum atomic E-state index is 13.8. The summed E-state index contributed by atoms with van der Waals surface area (Å²) in [6.45, 7) is 8.23. The predicted molar refractivity (Wildman–Crippen MR) is 159 cm³/mol. The number of piperazine rings is 1. The van der Waals surface area contributed by atoms with Gasteiger partial charge in [-0.25, -0.2) is 4.39 Å². The summed E-state index contributed by atoms with van der Waals surface area (Å²) in [5.74, 6) is -0.891. The molecule has 8 nitrogen and oxygen atoms in total. The van der Waals surface area contributed by atoms with Crippen LogP contribution in [0.15, 0.2) is 30.6 Å². The fourth-order valence-corrected chi connectivity index (χ4v) is 7.70. The minimum atomic E-state index is -0.993. The van der Waals surface area contributed by atoms with E-state index < -0.39 is 17.8 Å². The lowest BCUT2D eigenvalue weighted by Gasteiger charge is -2.44. The third kappa shape index (κ3) is 5.49. The van der Waals surface area contributed by atoms with Gasteiger partial charge >= 0.3 is 6.01 Å². The molecular formula is C33H41FN6O2. The molecule has 6 rings (SSSR count). The number of halogens is 1. The number of carbonyl (C=O) groups excluding carboxylic acids is 1. The minimum absolute atomic E-state index is 0.113. The van der Waals surface area contributed by atoms with Crippen LogP contribution in [0.3, 0.4) is 0 Å². The normalized spacial score (nSPS) is 25.6. The van der Waals surface area contributed by atoms with Crippen LogP contribution in [0.4, 0.5) is 10.2 Å². The molecule has 2 aliphatic heterocycles. The summed E-state index contributed by atoms with van der Waals surface area (Å²) >= 11 is 0. The molecule has 2 saturated heterocycles. The number of nitriles is 1. The van der Waals surface area contributed by atoms with Gasteiger partial charge in [-0.1, -0.05) is 24.8 Å². The molecule has 1 spiro atoms. The Morgan fingerprint density at radius 2 is 1.98 bits per heavy atom. The average Bonchev–Trinajstić information content (AvgIpc) is 3.39. The third-order valence-electron chi connectivity index (χ3n) is 10.2. The molecule has 2 aliphatic carbocycles. The van der Waals surface area contributed by atoms with Crippen molar-refractivity contribution in [2.24, 2.45) is 5.41 Å². The van der Waals surface area contributed by atoms with Crippen molar-refractivity contribution in [1.29, 1.82) is 5.26 Å². The van der Waals surface area contributed by atoms with Crippen molar-refractivity contribution in [1.82, 2.24) is 19.8 Å². The number of aryl methyl sites for hydroxylation is 1. The molecular weight excluding hydrogens is 531 g/mol. The largest absolute Gasteiger partial charge is 0.462 e. The van der Waals surface area contributed by atoms with E-state index in [1.165, 1.54) is 28.0 Å². The number of benzene rings is 1. The molecule has 0 bridgehead atoms. The first kappa shape index (κ1) is 28.6. The van der Waals surface area contributed by atoms with Gasteiger partial charge in [0.15, 0.2) is 5.83 Å². The molecule has 1 aromatic carbocycles. The standard InChI is InChI=1S/C33H41FN6O2/c1-22-6-4-7-24-18-33(12-9-27(22)24)13-10-28-29(19-33)36-32(42-21-26-8-5-15-38(26)3)37-30(28)39-16-17-40(31(41)23(2)34)25(20-39)11-14-35/h4,6-7,25-26H,2,5,8-13,15-21H2,1,3H3/t25-,26-,33-/m0/s1. The Balaban J connectivity index is 1.31. The molecule has 0 N–H and O–H groups in total. The first-order valence-electron chi connectivity index (χ1n) is 15.3. The Morgan fingerprint density at radius 3 is 2.71 bits per heavy atom. The SMILES string of the molecule is C=C(F)C(=O)N1CCN(c2nc(OC[C@@H]3CCCN3C)nc3c2CC[C@]2(CCc4c(C)cccc4C2)C3)C[C@@H]1CC#N. The quantitative estimate of drug-likeness (QED) is 0.476. The lowest BCUT2D eigenvalue weighted by Crippen LogP contribution is -2.55. The summed E-state index contributed by atoms with van der Waals surface area (Å²) in [5.41, 5.74) is 6.73. The highest BCUT2D eigenvalue weighted by Gasteiger charge is 2.41. The number of aromatic nitrogens is 2. The van der Waals surface area contributed by atoms with Crippen LogP contribution in [-0.4, -0.2) is 77.6 Å². The Morgan fingerprint density at radius 1 is 1.17 bits per heavy atom. The molecule has 2 fully saturated rings. The maximum Gasteiger partial charge on any atom is 0.318 e. The highest BCUT2D eigenvalue weighted by Crippen LogP contribution is 2.47. The smallest absolute Gasteiger partial charge is 0.318 e. The molecule has 0 saturated carbocycles. The van der Waals surface area contributed by atoms with E-state index in [1.807, 2.05) is 0 Å². The number of amides is 1. The van der Waals surface area contributed by atoms with Crippen molar-refractivity contribution in [3.8, 4) is 12.1 Å². The van der Waals surface area contributed by atoms with Gasteiger partial charge < -0.3 is 19.4 Å². The molecule has 1 amide bonds. The van der Waals surface area contributed by atoms with Gasteiger partial charge in [0.25, 0.3) is 5.91 Å². The number of nitrogens with zero attached hydrogens (tertiary/aromatic N) is 6. The highest BCUT2D eigenvalue weighted by molar-refractivity contribution is 5.91. The minimum Gasteiger partial charge on any atom is -0.462 e. The number of anilines is 1. The number of fused-ring (bicyclic) bond motifs is 2. The van der Waals surface area contributed by atoms with Crippen LogP contribution < -0.4 is 9.64 Å². The lowest BCUT2D eigenvalue weighted by atomic mass is 9.63. The van der Waals surface area contributed by atoms with Gasteiger partial charge in [-0.05, 0) is 94.0 Å². The van der Waals surface area contributed by atoms with E-state index in [-0.39, 0.29) is 11.8 Å². The summed E-state index contributed by atoms with van der Waals surface area (Å²) in [5, 5.41) is 9.50. The van der Waals surface area contributed by atoms with Gasteiger partial charge in [-0.3, -0.25) is 4.79 Å². The molecule has 3 heterocycles. The van der Waals surface area contributed by atoms with Crippen LogP contribution in [0.1, 0.15) is 60.1 Å². The number of rotatable bonds is 6. The van der Waals surface area contributed by atoms with Crippen LogP contribution >= 0.6 is 0 Å². The molecule has 42 heavy (non-hydrogen) atoms. The number of carbonyl (C=O) groups is 1. The number of likely N-dealkylation sites (tertiary alicyclic amines) is 1. The van der Waals surface area contributed by atoms with E-state index >= 15 is 0 Å². The van der Waals surface area contributed by atoms with Gasteiger partial charge in [0.05, 0.1) is 24.2 Å². The zero-order chi connectivity index (χ0) is 29.4. The van der Waals surface area contributed by atoms with Crippen molar-refractivity contribution in [3.63, 3.8) is 0 Å². The second-order valence-corrected chi connectivity index (χ2v) is 12.8. The van der Waals surface area contributed by atoms with E-state index in [0.29, 0.717) is 38.3 Å². The van der Waals surface area contributed by atoms with Crippen molar-refractivity contribution in [3.05, 3.63) is 58.6 Å². The fraction of sp³-hybridized carbons (Fsp3) is 0.576. The average molecular weight is 573 g/mol. The maximum absolute atomic E-state index is 13.8. The van der Waals surface area contributed by atoms with Crippen molar-refractivity contribution < 1.29 is 13.9 Å². The van der Waals surface area contributed by atoms with Gasteiger partial charge in [-0.2, -0.15) is 15.2 Å². The fourth-order valence-electron chi connectivity index (χ4n) is 7.70. The van der Waals surface area contributed by atoms with Gasteiger partial charge in [0.2, 0.25) is 0 Å². The van der Waals surface area contributed by atoms with Crippen molar-refractivity contribution in [2.45, 2.75) is 76.8 Å². The number of hydrogen-bond acceptors (Lipinski definition) is 7.